The summed E-state index contributed by atoms with van der Waals surface area (Å²) in [4.78, 5) is 24.0. The number of hydrogen-bond acceptors (Lipinski definition) is 8. The zero-order valence-electron chi connectivity index (χ0n) is 17.8. The number of piperazine rings is 1. The molecule has 0 amide bonds. The highest BCUT2D eigenvalue weighted by Crippen LogP contribution is 2.30. The molecule has 0 N–H and O–H groups in total. The number of aromatic nitrogens is 3. The Hall–Kier alpha value is -2.77. The minimum atomic E-state index is 0.827. The fourth-order valence-electron chi connectivity index (χ4n) is 4.64. The van der Waals surface area contributed by atoms with Gasteiger partial charge in [-0.2, -0.15) is 15.0 Å². The SMILES string of the molecule is COc1ccccc1N1CCN(c2nc(N3CCCC3)nc(N3CCCC3)n2)CC1. The van der Waals surface area contributed by atoms with Crippen LogP contribution in [0, 0.1) is 0 Å². The van der Waals surface area contributed by atoms with Crippen LogP contribution in [-0.2, 0) is 0 Å². The van der Waals surface area contributed by atoms with E-state index in [0.29, 0.717) is 0 Å². The number of rotatable bonds is 5. The van der Waals surface area contributed by atoms with Crippen molar-refractivity contribution in [3.8, 4) is 5.75 Å². The van der Waals surface area contributed by atoms with E-state index in [2.05, 4.69) is 31.7 Å². The molecule has 3 aliphatic rings. The molecule has 160 valence electrons. The minimum Gasteiger partial charge on any atom is -0.495 e. The van der Waals surface area contributed by atoms with Crippen LogP contribution in [0.3, 0.4) is 0 Å². The molecular formula is C22H31N7O. The van der Waals surface area contributed by atoms with Gasteiger partial charge in [0.2, 0.25) is 17.8 Å². The summed E-state index contributed by atoms with van der Waals surface area (Å²) < 4.78 is 5.56. The third-order valence-corrected chi connectivity index (χ3v) is 6.37. The molecule has 0 bridgehead atoms. The number of ether oxygens (including phenoxy) is 1. The second-order valence-electron chi connectivity index (χ2n) is 8.27. The molecule has 2 aromatic rings. The van der Waals surface area contributed by atoms with E-state index < -0.39 is 0 Å². The van der Waals surface area contributed by atoms with E-state index in [1.54, 1.807) is 7.11 Å². The summed E-state index contributed by atoms with van der Waals surface area (Å²) in [5.74, 6) is 3.46. The molecule has 0 atom stereocenters. The maximum atomic E-state index is 5.56. The van der Waals surface area contributed by atoms with Gasteiger partial charge in [-0.25, -0.2) is 0 Å². The van der Waals surface area contributed by atoms with Crippen molar-refractivity contribution in [2.24, 2.45) is 0 Å². The van der Waals surface area contributed by atoms with Crippen molar-refractivity contribution in [2.75, 3.05) is 79.1 Å². The lowest BCUT2D eigenvalue weighted by atomic mass is 10.2. The lowest BCUT2D eigenvalue weighted by Gasteiger charge is -2.37. The first-order valence-corrected chi connectivity index (χ1v) is 11.2. The average molecular weight is 410 g/mol. The van der Waals surface area contributed by atoms with Gasteiger partial charge >= 0.3 is 0 Å². The highest BCUT2D eigenvalue weighted by molar-refractivity contribution is 5.59. The standard InChI is InChI=1S/C22H31N7O/c1-30-19-9-3-2-8-18(19)26-14-16-29(17-15-26)22-24-20(27-10-4-5-11-27)23-21(25-22)28-12-6-7-13-28/h2-3,8-9H,4-7,10-17H2,1H3. The van der Waals surface area contributed by atoms with Crippen LogP contribution >= 0.6 is 0 Å². The molecule has 0 unspecified atom stereocenters. The van der Waals surface area contributed by atoms with Gasteiger partial charge in [-0.05, 0) is 37.8 Å². The number of para-hydroxylation sites is 2. The summed E-state index contributed by atoms with van der Waals surface area (Å²) in [6, 6.07) is 8.25. The molecule has 8 heteroatoms. The summed E-state index contributed by atoms with van der Waals surface area (Å²) in [5, 5.41) is 0. The van der Waals surface area contributed by atoms with Gasteiger partial charge in [0.25, 0.3) is 0 Å². The van der Waals surface area contributed by atoms with Gasteiger partial charge in [0.05, 0.1) is 12.8 Å². The first-order valence-electron chi connectivity index (χ1n) is 11.2. The summed E-state index contributed by atoms with van der Waals surface area (Å²) in [6.45, 7) is 7.81. The highest BCUT2D eigenvalue weighted by atomic mass is 16.5. The predicted molar refractivity (Wildman–Crippen MR) is 120 cm³/mol. The Morgan fingerprint density at radius 3 is 1.53 bits per heavy atom. The van der Waals surface area contributed by atoms with Crippen LogP contribution in [0.2, 0.25) is 0 Å². The van der Waals surface area contributed by atoms with Crippen molar-refractivity contribution in [3.63, 3.8) is 0 Å². The Labute approximate surface area is 178 Å². The lowest BCUT2D eigenvalue weighted by molar-refractivity contribution is 0.413. The van der Waals surface area contributed by atoms with Crippen LogP contribution in [0.4, 0.5) is 23.5 Å². The maximum Gasteiger partial charge on any atom is 0.232 e. The van der Waals surface area contributed by atoms with Gasteiger partial charge in [0.15, 0.2) is 0 Å². The summed E-state index contributed by atoms with van der Waals surface area (Å²) in [5.41, 5.74) is 1.16. The molecule has 0 spiro atoms. The number of hydrogen-bond donors (Lipinski definition) is 0. The molecule has 4 heterocycles. The van der Waals surface area contributed by atoms with E-state index in [0.717, 1.165) is 81.6 Å². The van der Waals surface area contributed by atoms with Gasteiger partial charge in [-0.3, -0.25) is 0 Å². The topological polar surface area (TPSA) is 60.9 Å². The second-order valence-corrected chi connectivity index (χ2v) is 8.27. The quantitative estimate of drug-likeness (QED) is 0.746. The molecule has 0 radical (unpaired) electrons. The van der Waals surface area contributed by atoms with Gasteiger partial charge in [-0.1, -0.05) is 12.1 Å². The Bertz CT molecular complexity index is 822. The zero-order chi connectivity index (χ0) is 20.3. The molecule has 3 aliphatic heterocycles. The third kappa shape index (κ3) is 3.82. The zero-order valence-corrected chi connectivity index (χ0v) is 17.8. The Morgan fingerprint density at radius 2 is 1.03 bits per heavy atom. The predicted octanol–water partition coefficient (Wildman–Crippen LogP) is 2.41. The van der Waals surface area contributed by atoms with E-state index in [4.69, 9.17) is 19.7 Å². The van der Waals surface area contributed by atoms with Crippen molar-refractivity contribution in [2.45, 2.75) is 25.7 Å². The largest absolute Gasteiger partial charge is 0.495 e. The monoisotopic (exact) mass is 409 g/mol. The van der Waals surface area contributed by atoms with Crippen molar-refractivity contribution in [1.82, 2.24) is 15.0 Å². The molecular weight excluding hydrogens is 378 g/mol. The van der Waals surface area contributed by atoms with Crippen molar-refractivity contribution < 1.29 is 4.74 Å². The van der Waals surface area contributed by atoms with E-state index in [-0.39, 0.29) is 0 Å². The Balaban J connectivity index is 1.36. The lowest BCUT2D eigenvalue weighted by Crippen LogP contribution is -2.47. The van der Waals surface area contributed by atoms with Gasteiger partial charge in [-0.15, -0.1) is 0 Å². The van der Waals surface area contributed by atoms with Crippen LogP contribution in [0.25, 0.3) is 0 Å². The van der Waals surface area contributed by atoms with Crippen molar-refractivity contribution in [3.05, 3.63) is 24.3 Å². The van der Waals surface area contributed by atoms with Crippen LogP contribution in [0.15, 0.2) is 24.3 Å². The van der Waals surface area contributed by atoms with E-state index in [9.17, 15) is 0 Å². The molecule has 5 rings (SSSR count). The molecule has 0 saturated carbocycles. The minimum absolute atomic E-state index is 0.827. The maximum absolute atomic E-state index is 5.56. The average Bonchev–Trinajstić information content (AvgIpc) is 3.53. The van der Waals surface area contributed by atoms with Crippen molar-refractivity contribution in [1.29, 1.82) is 0 Å². The number of anilines is 4. The van der Waals surface area contributed by atoms with Gasteiger partial charge in [0.1, 0.15) is 5.75 Å². The summed E-state index contributed by atoms with van der Waals surface area (Å²) in [6.07, 6.45) is 4.88. The van der Waals surface area contributed by atoms with E-state index in [1.807, 2.05) is 12.1 Å². The molecule has 1 aromatic heterocycles. The van der Waals surface area contributed by atoms with Crippen LogP contribution in [-0.4, -0.2) is 74.4 Å². The molecule has 30 heavy (non-hydrogen) atoms. The fraction of sp³-hybridized carbons (Fsp3) is 0.591. The molecule has 1 aromatic carbocycles. The normalized spacial score (nSPS) is 19.6. The van der Waals surface area contributed by atoms with Crippen LogP contribution in [0.1, 0.15) is 25.7 Å². The van der Waals surface area contributed by atoms with Gasteiger partial charge < -0.3 is 24.3 Å². The number of benzene rings is 1. The first kappa shape index (κ1) is 19.2. The smallest absolute Gasteiger partial charge is 0.232 e. The Morgan fingerprint density at radius 1 is 0.600 bits per heavy atom. The van der Waals surface area contributed by atoms with E-state index >= 15 is 0 Å². The van der Waals surface area contributed by atoms with E-state index in [1.165, 1.54) is 25.7 Å². The Kier molecular flexibility index (Phi) is 5.46. The molecule has 3 fully saturated rings. The fourth-order valence-corrected chi connectivity index (χ4v) is 4.64. The third-order valence-electron chi connectivity index (χ3n) is 6.37. The first-order chi connectivity index (χ1) is 14.8. The summed E-state index contributed by atoms with van der Waals surface area (Å²) in [7, 11) is 1.74. The second kappa shape index (κ2) is 8.53. The molecule has 0 aliphatic carbocycles. The number of nitrogens with zero attached hydrogens (tertiary/aromatic N) is 7. The highest BCUT2D eigenvalue weighted by Gasteiger charge is 2.26. The number of methoxy groups -OCH3 is 1. The van der Waals surface area contributed by atoms with Crippen molar-refractivity contribution >= 4 is 23.5 Å². The molecule has 8 nitrogen and oxygen atoms in total. The van der Waals surface area contributed by atoms with Crippen LogP contribution in [0.5, 0.6) is 5.75 Å². The van der Waals surface area contributed by atoms with Gasteiger partial charge in [0, 0.05) is 52.4 Å². The van der Waals surface area contributed by atoms with Crippen LogP contribution < -0.4 is 24.3 Å². The summed E-state index contributed by atoms with van der Waals surface area (Å²) >= 11 is 0. The molecule has 3 saturated heterocycles.